The zero-order valence-corrected chi connectivity index (χ0v) is 27.8. The number of nitrogens with two attached hydrogens (primary N) is 2. The topological polar surface area (TPSA) is 123 Å². The van der Waals surface area contributed by atoms with Crippen LogP contribution in [0.5, 0.6) is 0 Å². The predicted molar refractivity (Wildman–Crippen MR) is 186 cm³/mol. The number of piperazine rings is 1. The van der Waals surface area contributed by atoms with Crippen molar-refractivity contribution in [2.24, 2.45) is 0 Å². The van der Waals surface area contributed by atoms with E-state index in [0.29, 0.717) is 54.5 Å². The molecule has 0 aromatic heterocycles. The highest BCUT2D eigenvalue weighted by Crippen LogP contribution is 2.26. The molecule has 248 valence electrons. The van der Waals surface area contributed by atoms with Crippen molar-refractivity contribution in [1.82, 2.24) is 30.2 Å². The third-order valence-electron chi connectivity index (χ3n) is 9.88. The minimum absolute atomic E-state index is 0.0721. The Morgan fingerprint density at radius 3 is 2.33 bits per heavy atom. The van der Waals surface area contributed by atoms with Crippen LogP contribution in [0.25, 0.3) is 0 Å². The summed E-state index contributed by atoms with van der Waals surface area (Å²) >= 11 is 6.40. The number of terminal acetylenes is 1. The van der Waals surface area contributed by atoms with Crippen molar-refractivity contribution in [2.75, 3.05) is 77.4 Å². The Balaban J connectivity index is 1.18. The molecule has 0 spiro atoms. The highest BCUT2D eigenvalue weighted by atomic mass is 35.5. The van der Waals surface area contributed by atoms with Gasteiger partial charge in [-0.15, -0.1) is 6.42 Å². The van der Waals surface area contributed by atoms with Crippen molar-refractivity contribution in [3.63, 3.8) is 0 Å². The summed E-state index contributed by atoms with van der Waals surface area (Å²) in [4.78, 5) is 36.2. The summed E-state index contributed by atoms with van der Waals surface area (Å²) in [6.07, 6.45) is 10.4. The minimum Gasteiger partial charge on any atom is -0.399 e. The van der Waals surface area contributed by atoms with Gasteiger partial charge in [-0.3, -0.25) is 9.69 Å². The number of halogens is 1. The number of amides is 3. The van der Waals surface area contributed by atoms with Crippen LogP contribution in [0.3, 0.4) is 0 Å². The van der Waals surface area contributed by atoms with Gasteiger partial charge in [0, 0.05) is 82.1 Å². The van der Waals surface area contributed by atoms with E-state index in [1.807, 2.05) is 28.0 Å². The molecule has 3 aliphatic rings. The second-order valence-corrected chi connectivity index (χ2v) is 13.4. The van der Waals surface area contributed by atoms with Gasteiger partial charge in [-0.05, 0) is 75.0 Å². The largest absolute Gasteiger partial charge is 0.399 e. The molecule has 1 atom stereocenters. The fourth-order valence-electron chi connectivity index (χ4n) is 6.91. The zero-order chi connectivity index (χ0) is 32.6. The number of urea groups is 1. The summed E-state index contributed by atoms with van der Waals surface area (Å²) in [6.45, 7) is 7.69. The third-order valence-corrected chi connectivity index (χ3v) is 10.2. The number of hydrogen-bond acceptors (Lipinski definition) is 7. The first-order chi connectivity index (χ1) is 22.2. The summed E-state index contributed by atoms with van der Waals surface area (Å²) < 4.78 is 0. The first-order valence-electron chi connectivity index (χ1n) is 16.6. The smallest absolute Gasteiger partial charge is 0.318 e. The van der Waals surface area contributed by atoms with E-state index >= 15 is 0 Å². The summed E-state index contributed by atoms with van der Waals surface area (Å²) in [5, 5.41) is 7.06. The van der Waals surface area contributed by atoms with Gasteiger partial charge in [-0.2, -0.15) is 0 Å². The molecule has 3 amide bonds. The van der Waals surface area contributed by atoms with E-state index in [1.165, 1.54) is 0 Å². The monoisotopic (exact) mass is 648 g/mol. The Bertz CT molecular complexity index is 1390. The molecule has 6 N–H and O–H groups in total. The van der Waals surface area contributed by atoms with E-state index < -0.39 is 6.04 Å². The van der Waals surface area contributed by atoms with E-state index in [2.05, 4.69) is 39.5 Å². The number of anilines is 2. The fraction of sp³-hybridized carbons (Fsp3) is 0.543. The lowest BCUT2D eigenvalue weighted by Crippen LogP contribution is -2.57. The molecule has 0 saturated carbocycles. The molecule has 2 aromatic carbocycles. The molecule has 3 saturated heterocycles. The van der Waals surface area contributed by atoms with Gasteiger partial charge >= 0.3 is 6.03 Å². The molecular formula is C35H49ClN8O2. The number of para-hydroxylation sites is 1. The molecule has 11 heteroatoms. The van der Waals surface area contributed by atoms with Crippen molar-refractivity contribution in [1.29, 1.82) is 0 Å². The van der Waals surface area contributed by atoms with Crippen LogP contribution in [-0.2, 0) is 17.6 Å². The zero-order valence-electron chi connectivity index (χ0n) is 27.0. The van der Waals surface area contributed by atoms with Gasteiger partial charge in [0.05, 0.1) is 10.7 Å². The lowest BCUT2D eigenvalue weighted by Gasteiger charge is -2.42. The van der Waals surface area contributed by atoms with Gasteiger partial charge in [0.2, 0.25) is 5.91 Å². The number of nitrogens with one attached hydrogen (secondary N) is 2. The molecule has 5 rings (SSSR count). The van der Waals surface area contributed by atoms with E-state index in [9.17, 15) is 9.59 Å². The Morgan fingerprint density at radius 2 is 1.65 bits per heavy atom. The molecule has 0 unspecified atom stereocenters. The second kappa shape index (κ2) is 15.9. The number of carbonyl (C=O) groups excluding carboxylic acids is 2. The first-order valence-corrected chi connectivity index (χ1v) is 17.0. The highest BCUT2D eigenvalue weighted by molar-refractivity contribution is 6.33. The number of hydrogen-bond donors (Lipinski definition) is 4. The highest BCUT2D eigenvalue weighted by Gasteiger charge is 2.33. The maximum Gasteiger partial charge on any atom is 0.318 e. The van der Waals surface area contributed by atoms with E-state index in [4.69, 9.17) is 29.5 Å². The molecule has 0 bridgehead atoms. The Morgan fingerprint density at radius 1 is 0.978 bits per heavy atom. The Kier molecular flexibility index (Phi) is 11.7. The molecule has 0 radical (unpaired) electrons. The van der Waals surface area contributed by atoms with E-state index in [-0.39, 0.29) is 18.4 Å². The van der Waals surface area contributed by atoms with Crippen LogP contribution in [0.2, 0.25) is 5.02 Å². The Labute approximate surface area is 278 Å². The maximum atomic E-state index is 14.0. The van der Waals surface area contributed by atoms with Crippen molar-refractivity contribution >= 4 is 34.9 Å². The van der Waals surface area contributed by atoms with Gasteiger partial charge in [0.1, 0.15) is 6.04 Å². The molecule has 3 aliphatic heterocycles. The van der Waals surface area contributed by atoms with Crippen LogP contribution in [0.4, 0.5) is 16.2 Å². The summed E-state index contributed by atoms with van der Waals surface area (Å²) in [5.41, 5.74) is 15.7. The maximum absolute atomic E-state index is 14.0. The third kappa shape index (κ3) is 8.65. The predicted octanol–water partition coefficient (Wildman–Crippen LogP) is 2.64. The van der Waals surface area contributed by atoms with E-state index in [1.54, 1.807) is 12.1 Å². The number of benzene rings is 2. The summed E-state index contributed by atoms with van der Waals surface area (Å²) in [7, 11) is 2.16. The standard InChI is InChI=1S/C35H49ClN8O2/c1-3-26-22-25(23-30(36)33(26)38)24-32(34(45)43-16-11-29(12-17-43)42-20-18-41(2)19-21-42)40-35(46)44-14-9-28(10-15-44)39-13-8-27-6-4-5-7-31(27)37/h1,4-7,22-23,28-29,32,39H,8-21,24,37-38H2,2H3,(H,40,46)/t32-/m1/s1. The normalized spacial score (nSPS) is 19.5. The second-order valence-electron chi connectivity index (χ2n) is 12.9. The van der Waals surface area contributed by atoms with Gasteiger partial charge in [0.15, 0.2) is 0 Å². The molecule has 2 aromatic rings. The van der Waals surface area contributed by atoms with Gasteiger partial charge < -0.3 is 36.8 Å². The quantitative estimate of drug-likeness (QED) is 0.244. The average Bonchev–Trinajstić information content (AvgIpc) is 3.07. The summed E-state index contributed by atoms with van der Waals surface area (Å²) in [6, 6.07) is 11.3. The van der Waals surface area contributed by atoms with Crippen LogP contribution >= 0.6 is 11.6 Å². The average molecular weight is 649 g/mol. The Hall–Kier alpha value is -3.49. The van der Waals surface area contributed by atoms with Gasteiger partial charge in [-0.25, -0.2) is 4.79 Å². The first kappa shape index (κ1) is 33.9. The number of rotatable bonds is 9. The van der Waals surface area contributed by atoms with Crippen molar-refractivity contribution < 1.29 is 9.59 Å². The van der Waals surface area contributed by atoms with Crippen LogP contribution in [-0.4, -0.2) is 116 Å². The molecule has 3 heterocycles. The molecule has 10 nitrogen and oxygen atoms in total. The molecular weight excluding hydrogens is 600 g/mol. The lowest BCUT2D eigenvalue weighted by molar-refractivity contribution is -0.135. The van der Waals surface area contributed by atoms with E-state index in [0.717, 1.165) is 81.6 Å². The molecule has 0 aliphatic carbocycles. The minimum atomic E-state index is -0.745. The van der Waals surface area contributed by atoms with Crippen molar-refractivity contribution in [3.8, 4) is 12.3 Å². The van der Waals surface area contributed by atoms with Crippen molar-refractivity contribution in [2.45, 2.75) is 56.7 Å². The van der Waals surface area contributed by atoms with Crippen LogP contribution in [0.15, 0.2) is 36.4 Å². The van der Waals surface area contributed by atoms with Crippen LogP contribution < -0.4 is 22.1 Å². The fourth-order valence-corrected chi connectivity index (χ4v) is 7.15. The van der Waals surface area contributed by atoms with Gasteiger partial charge in [-0.1, -0.05) is 35.7 Å². The summed E-state index contributed by atoms with van der Waals surface area (Å²) in [5.74, 6) is 2.51. The number of likely N-dealkylation sites (N-methyl/N-ethyl adjacent to an activating group) is 1. The van der Waals surface area contributed by atoms with Crippen LogP contribution in [0.1, 0.15) is 42.4 Å². The van der Waals surface area contributed by atoms with Gasteiger partial charge in [0.25, 0.3) is 0 Å². The lowest BCUT2D eigenvalue weighted by atomic mass is 9.98. The molecule has 3 fully saturated rings. The SMILES string of the molecule is C#Cc1cc(C[C@@H](NC(=O)N2CCC(NCCc3ccccc3N)CC2)C(=O)N2CCC(N3CCN(C)CC3)CC2)cc(Cl)c1N. The number of nitrogen functional groups attached to an aromatic ring is 2. The number of likely N-dealkylation sites (tertiary alicyclic amines) is 2. The van der Waals surface area contributed by atoms with Crippen molar-refractivity contribution in [3.05, 3.63) is 58.1 Å². The number of carbonyl (C=O) groups is 2. The number of piperidine rings is 2. The number of nitrogens with zero attached hydrogens (tertiary/aromatic N) is 4. The van der Waals surface area contributed by atoms with Crippen LogP contribution in [0, 0.1) is 12.3 Å². The molecule has 46 heavy (non-hydrogen) atoms.